The summed E-state index contributed by atoms with van der Waals surface area (Å²) in [5.41, 5.74) is 11.3. The summed E-state index contributed by atoms with van der Waals surface area (Å²) in [4.78, 5) is 9.87. The molecule has 222 valence electrons. The number of nitrogens with zero attached hydrogens (tertiary/aromatic N) is 2. The number of rotatable bonds is 5. The number of hydrogen-bond acceptors (Lipinski definition) is 2. The highest BCUT2D eigenvalue weighted by molar-refractivity contribution is 6.18. The van der Waals surface area contributed by atoms with E-state index in [1.807, 2.05) is 31.5 Å². The first kappa shape index (κ1) is 29.1. The molecule has 1 aliphatic rings. The van der Waals surface area contributed by atoms with Crippen molar-refractivity contribution in [1.29, 1.82) is 0 Å². The SMILES string of the molecule is C=C(N=C/C=C\C)c1c2ccccc2c(-c2ccc(C3=CC(C)c4ccccc4C=CCc4ccccc43)nc2)c2ccccc12. The molecule has 0 saturated carbocycles. The monoisotopic (exact) mass is 592 g/mol. The zero-order chi connectivity index (χ0) is 31.5. The number of pyridine rings is 1. The van der Waals surface area contributed by atoms with Crippen molar-refractivity contribution in [3.8, 4) is 11.1 Å². The van der Waals surface area contributed by atoms with Crippen LogP contribution in [0.3, 0.4) is 0 Å². The third-order valence-electron chi connectivity index (χ3n) is 8.90. The van der Waals surface area contributed by atoms with E-state index in [1.54, 1.807) is 0 Å². The third kappa shape index (κ3) is 5.44. The molecule has 0 bridgehead atoms. The van der Waals surface area contributed by atoms with E-state index >= 15 is 0 Å². The van der Waals surface area contributed by atoms with Gasteiger partial charge < -0.3 is 0 Å². The molecule has 5 aromatic carbocycles. The van der Waals surface area contributed by atoms with Gasteiger partial charge in [0.25, 0.3) is 0 Å². The predicted octanol–water partition coefficient (Wildman–Crippen LogP) is 11.5. The van der Waals surface area contributed by atoms with Crippen molar-refractivity contribution < 1.29 is 0 Å². The molecule has 46 heavy (non-hydrogen) atoms. The van der Waals surface area contributed by atoms with Gasteiger partial charge in [0, 0.05) is 35.0 Å². The van der Waals surface area contributed by atoms with Crippen LogP contribution >= 0.6 is 0 Å². The van der Waals surface area contributed by atoms with Gasteiger partial charge in [0.1, 0.15) is 0 Å². The van der Waals surface area contributed by atoms with Crippen molar-refractivity contribution in [2.24, 2.45) is 4.99 Å². The van der Waals surface area contributed by atoms with Crippen LogP contribution in [-0.2, 0) is 6.42 Å². The minimum Gasteiger partial charge on any atom is -0.257 e. The van der Waals surface area contributed by atoms with Gasteiger partial charge in [-0.15, -0.1) is 0 Å². The molecular formula is C44H36N2. The molecule has 1 heterocycles. The number of aromatic nitrogens is 1. The van der Waals surface area contributed by atoms with Crippen LogP contribution < -0.4 is 0 Å². The first-order chi connectivity index (χ1) is 22.6. The van der Waals surface area contributed by atoms with Gasteiger partial charge in [-0.05, 0) is 74.8 Å². The standard InChI is InChI=1S/C44H36N2/c1-4-5-27-45-31(3)43-37-21-10-12-23-39(37)44(40-24-13-11-22-38(40)43)34-25-26-42(46-29-34)41-28-30(2)35-19-8-6-15-32(35)17-14-18-33-16-7-9-20-36(33)41/h4-17,19-30H,3,18H2,1-2H3/b5-4-,17-14?,41-28?,45-27?. The Hall–Kier alpha value is -5.60. The lowest BCUT2D eigenvalue weighted by Gasteiger charge is -2.19. The van der Waals surface area contributed by atoms with E-state index in [0.29, 0.717) is 0 Å². The molecule has 1 unspecified atom stereocenters. The Morgan fingerprint density at radius 1 is 0.804 bits per heavy atom. The van der Waals surface area contributed by atoms with Crippen molar-refractivity contribution >= 4 is 45.1 Å². The third-order valence-corrected chi connectivity index (χ3v) is 8.90. The van der Waals surface area contributed by atoms with Crippen LogP contribution in [0.25, 0.3) is 50.0 Å². The van der Waals surface area contributed by atoms with E-state index in [4.69, 9.17) is 4.98 Å². The van der Waals surface area contributed by atoms with Crippen LogP contribution in [0.5, 0.6) is 0 Å². The van der Waals surface area contributed by atoms with Gasteiger partial charge in [0.15, 0.2) is 0 Å². The Labute approximate surface area is 271 Å². The maximum Gasteiger partial charge on any atom is 0.0705 e. The molecule has 0 N–H and O–H groups in total. The van der Waals surface area contributed by atoms with Crippen LogP contribution in [0.2, 0.25) is 0 Å². The first-order valence-electron chi connectivity index (χ1n) is 15.9. The Balaban J connectivity index is 1.39. The highest BCUT2D eigenvalue weighted by Gasteiger charge is 2.19. The second-order valence-corrected chi connectivity index (χ2v) is 11.8. The minimum absolute atomic E-state index is 0.215. The predicted molar refractivity (Wildman–Crippen MR) is 198 cm³/mol. The zero-order valence-corrected chi connectivity index (χ0v) is 26.3. The maximum absolute atomic E-state index is 5.18. The van der Waals surface area contributed by atoms with Gasteiger partial charge in [-0.2, -0.15) is 0 Å². The Morgan fingerprint density at radius 3 is 2.20 bits per heavy atom. The molecule has 1 aliphatic carbocycles. The highest BCUT2D eigenvalue weighted by Crippen LogP contribution is 2.42. The smallest absolute Gasteiger partial charge is 0.0705 e. The summed E-state index contributed by atoms with van der Waals surface area (Å²) in [5, 5.41) is 4.58. The highest BCUT2D eigenvalue weighted by atomic mass is 14.7. The molecule has 0 aliphatic heterocycles. The molecule has 1 aromatic heterocycles. The van der Waals surface area contributed by atoms with Gasteiger partial charge in [0.05, 0.1) is 11.4 Å². The second kappa shape index (κ2) is 12.8. The van der Waals surface area contributed by atoms with Crippen molar-refractivity contribution in [2.45, 2.75) is 26.2 Å². The number of benzene rings is 5. The van der Waals surface area contributed by atoms with Crippen LogP contribution in [0.4, 0.5) is 0 Å². The molecule has 6 aromatic rings. The lowest BCUT2D eigenvalue weighted by molar-refractivity contribution is 0.962. The Kier molecular flexibility index (Phi) is 8.10. The summed E-state index contributed by atoms with van der Waals surface area (Å²) in [6.45, 7) is 8.64. The topological polar surface area (TPSA) is 25.2 Å². The zero-order valence-electron chi connectivity index (χ0n) is 26.3. The first-order valence-corrected chi connectivity index (χ1v) is 15.9. The molecule has 7 rings (SSSR count). The fourth-order valence-corrected chi connectivity index (χ4v) is 6.74. The molecule has 0 spiro atoms. The molecule has 1 atom stereocenters. The molecule has 2 heteroatoms. The summed E-state index contributed by atoms with van der Waals surface area (Å²) in [7, 11) is 0. The van der Waals surface area contributed by atoms with E-state index < -0.39 is 0 Å². The summed E-state index contributed by atoms with van der Waals surface area (Å²) >= 11 is 0. The molecule has 0 fully saturated rings. The minimum atomic E-state index is 0.215. The van der Waals surface area contributed by atoms with Crippen molar-refractivity contribution in [3.63, 3.8) is 0 Å². The van der Waals surface area contributed by atoms with E-state index in [1.165, 1.54) is 33.4 Å². The van der Waals surface area contributed by atoms with Crippen LogP contribution in [0, 0.1) is 0 Å². The molecular weight excluding hydrogens is 556 g/mol. The lowest BCUT2D eigenvalue weighted by atomic mass is 9.86. The fraction of sp³-hybridized carbons (Fsp3) is 0.0909. The molecule has 0 radical (unpaired) electrons. The summed E-state index contributed by atoms with van der Waals surface area (Å²) in [5.74, 6) is 0.215. The van der Waals surface area contributed by atoms with Crippen LogP contribution in [0.15, 0.2) is 151 Å². The molecule has 0 amide bonds. The Morgan fingerprint density at radius 2 is 1.48 bits per heavy atom. The van der Waals surface area contributed by atoms with Gasteiger partial charge in [0.2, 0.25) is 0 Å². The van der Waals surface area contributed by atoms with Gasteiger partial charge in [-0.25, -0.2) is 0 Å². The van der Waals surface area contributed by atoms with E-state index in [2.05, 4.69) is 146 Å². The quantitative estimate of drug-likeness (QED) is 0.144. The number of fused-ring (bicyclic) bond motifs is 4. The van der Waals surface area contributed by atoms with Gasteiger partial charge in [-0.3, -0.25) is 9.98 Å². The van der Waals surface area contributed by atoms with Crippen molar-refractivity contribution in [3.05, 3.63) is 180 Å². The molecule has 2 nitrogen and oxygen atoms in total. The van der Waals surface area contributed by atoms with Crippen LogP contribution in [0.1, 0.15) is 53.3 Å². The van der Waals surface area contributed by atoms with Gasteiger partial charge >= 0.3 is 0 Å². The lowest BCUT2D eigenvalue weighted by Crippen LogP contribution is -2.02. The Bertz CT molecular complexity index is 2150. The van der Waals surface area contributed by atoms with Crippen molar-refractivity contribution in [2.75, 3.05) is 0 Å². The largest absolute Gasteiger partial charge is 0.257 e. The van der Waals surface area contributed by atoms with Crippen molar-refractivity contribution in [1.82, 2.24) is 4.98 Å². The fourth-order valence-electron chi connectivity index (χ4n) is 6.74. The average molecular weight is 593 g/mol. The number of hydrogen-bond donors (Lipinski definition) is 0. The average Bonchev–Trinajstić information content (AvgIpc) is 3.10. The number of aliphatic imine (C=N–C) groups is 1. The van der Waals surface area contributed by atoms with Gasteiger partial charge in [-0.1, -0.05) is 141 Å². The number of allylic oxidation sites excluding steroid dienone is 4. The van der Waals surface area contributed by atoms with E-state index in [0.717, 1.165) is 50.5 Å². The van der Waals surface area contributed by atoms with Crippen LogP contribution in [-0.4, -0.2) is 11.2 Å². The summed E-state index contributed by atoms with van der Waals surface area (Å²) < 4.78 is 0. The second-order valence-electron chi connectivity index (χ2n) is 11.8. The summed E-state index contributed by atoms with van der Waals surface area (Å²) in [6, 6.07) is 39.0. The normalized spacial score (nSPS) is 14.8. The van der Waals surface area contributed by atoms with E-state index in [-0.39, 0.29) is 5.92 Å². The maximum atomic E-state index is 5.18. The summed E-state index contributed by atoms with van der Waals surface area (Å²) in [6.07, 6.45) is 15.6. The van der Waals surface area contributed by atoms with E-state index in [9.17, 15) is 0 Å². The molecule has 0 saturated heterocycles.